The number of nitrogens with one attached hydrogen (secondary N) is 1. The summed E-state index contributed by atoms with van der Waals surface area (Å²) in [7, 11) is 2.06. The Morgan fingerprint density at radius 3 is 3.00 bits per heavy atom. The molecule has 2 aliphatic rings. The third kappa shape index (κ3) is 2.92. The fourth-order valence-corrected chi connectivity index (χ4v) is 3.77. The number of piperidine rings is 1. The van der Waals surface area contributed by atoms with E-state index in [9.17, 15) is 0 Å². The van der Waals surface area contributed by atoms with Crippen molar-refractivity contribution in [3.05, 3.63) is 23.3 Å². The third-order valence-corrected chi connectivity index (χ3v) is 5.49. The fraction of sp³-hybridized carbons (Fsp3) is 0.667. The number of nitrogens with zero attached hydrogens (tertiary/aromatic N) is 4. The van der Waals surface area contributed by atoms with E-state index in [-0.39, 0.29) is 0 Å². The topological polar surface area (TPSA) is 68.8 Å². The van der Waals surface area contributed by atoms with Gasteiger partial charge in [-0.3, -0.25) is 0 Å². The van der Waals surface area contributed by atoms with E-state index in [0.717, 1.165) is 41.3 Å². The second-order valence-corrected chi connectivity index (χ2v) is 7.17. The van der Waals surface area contributed by atoms with Crippen LogP contribution < -0.4 is 5.32 Å². The van der Waals surface area contributed by atoms with Gasteiger partial charge in [0, 0.05) is 37.2 Å². The Kier molecular flexibility index (Phi) is 3.92. The molecule has 0 aromatic carbocycles. The van der Waals surface area contributed by atoms with E-state index < -0.39 is 0 Å². The maximum Gasteiger partial charge on any atom is 0.191 e. The van der Waals surface area contributed by atoms with E-state index in [1.807, 2.05) is 0 Å². The molecule has 1 saturated carbocycles. The SMILES string of the molecule is Cn1c(SCc2cc(C3CC3)on2)nnc1[C@H]1CCCNC1. The van der Waals surface area contributed by atoms with Gasteiger partial charge in [-0.2, -0.15) is 0 Å². The first-order valence-electron chi connectivity index (χ1n) is 7.99. The second-order valence-electron chi connectivity index (χ2n) is 6.23. The molecule has 4 rings (SSSR count). The van der Waals surface area contributed by atoms with Gasteiger partial charge >= 0.3 is 0 Å². The summed E-state index contributed by atoms with van der Waals surface area (Å²) in [5.74, 6) is 4.02. The maximum atomic E-state index is 5.39. The zero-order valence-electron chi connectivity index (χ0n) is 12.8. The molecule has 0 amide bonds. The Hall–Kier alpha value is -1.34. The van der Waals surface area contributed by atoms with Gasteiger partial charge in [0.25, 0.3) is 0 Å². The van der Waals surface area contributed by atoms with Crippen molar-refractivity contribution in [2.75, 3.05) is 13.1 Å². The number of thioether (sulfide) groups is 1. The molecule has 0 spiro atoms. The lowest BCUT2D eigenvalue weighted by Gasteiger charge is -2.21. The summed E-state index contributed by atoms with van der Waals surface area (Å²) in [6.07, 6.45) is 4.88. The minimum absolute atomic E-state index is 0.481. The minimum Gasteiger partial charge on any atom is -0.361 e. The molecular weight excluding hydrogens is 298 g/mol. The van der Waals surface area contributed by atoms with Gasteiger partial charge in [-0.05, 0) is 32.2 Å². The molecule has 2 aromatic heterocycles. The molecule has 1 aliphatic carbocycles. The Morgan fingerprint density at radius 2 is 2.23 bits per heavy atom. The first-order valence-corrected chi connectivity index (χ1v) is 8.98. The first-order chi connectivity index (χ1) is 10.8. The van der Waals surface area contributed by atoms with Crippen molar-refractivity contribution in [1.82, 2.24) is 25.2 Å². The highest BCUT2D eigenvalue weighted by Gasteiger charge is 2.28. The Labute approximate surface area is 134 Å². The monoisotopic (exact) mass is 319 g/mol. The van der Waals surface area contributed by atoms with Gasteiger partial charge in [-0.15, -0.1) is 10.2 Å². The smallest absolute Gasteiger partial charge is 0.191 e. The highest BCUT2D eigenvalue weighted by Crippen LogP contribution is 2.40. The molecule has 118 valence electrons. The first kappa shape index (κ1) is 14.3. The molecule has 7 heteroatoms. The summed E-state index contributed by atoms with van der Waals surface area (Å²) >= 11 is 1.68. The van der Waals surface area contributed by atoms with E-state index in [1.54, 1.807) is 11.8 Å². The summed E-state index contributed by atoms with van der Waals surface area (Å²) in [6.45, 7) is 2.12. The molecule has 0 bridgehead atoms. The maximum absolute atomic E-state index is 5.39. The molecule has 0 unspecified atom stereocenters. The van der Waals surface area contributed by atoms with Gasteiger partial charge in [0.15, 0.2) is 5.16 Å². The van der Waals surface area contributed by atoms with Crippen LogP contribution in [0.5, 0.6) is 0 Å². The average molecular weight is 319 g/mol. The van der Waals surface area contributed by atoms with Crippen LogP contribution in [0.15, 0.2) is 15.7 Å². The van der Waals surface area contributed by atoms with E-state index in [1.165, 1.54) is 25.7 Å². The van der Waals surface area contributed by atoms with Crippen molar-refractivity contribution in [3.63, 3.8) is 0 Å². The van der Waals surface area contributed by atoms with E-state index in [0.29, 0.717) is 11.8 Å². The lowest BCUT2D eigenvalue weighted by atomic mass is 9.99. The predicted molar refractivity (Wildman–Crippen MR) is 83.9 cm³/mol. The summed E-state index contributed by atoms with van der Waals surface area (Å²) in [5, 5.41) is 17.3. The molecule has 1 aliphatic heterocycles. The molecular formula is C15H21N5OS. The van der Waals surface area contributed by atoms with Gasteiger partial charge in [0.05, 0.1) is 5.69 Å². The standard InChI is InChI=1S/C15H21N5OS/c1-20-14(11-3-2-6-16-8-11)17-18-15(20)22-9-12-7-13(21-19-12)10-4-5-10/h7,10-11,16H,2-6,8-9H2,1H3/t11-/m0/s1. The van der Waals surface area contributed by atoms with Crippen molar-refractivity contribution in [3.8, 4) is 0 Å². The van der Waals surface area contributed by atoms with Crippen LogP contribution in [0.25, 0.3) is 0 Å². The summed E-state index contributed by atoms with van der Waals surface area (Å²) in [5.41, 5.74) is 0.996. The molecule has 2 fully saturated rings. The highest BCUT2D eigenvalue weighted by atomic mass is 32.2. The Balaban J connectivity index is 1.40. The molecule has 6 nitrogen and oxygen atoms in total. The van der Waals surface area contributed by atoms with Crippen LogP contribution in [-0.4, -0.2) is 33.0 Å². The van der Waals surface area contributed by atoms with E-state index >= 15 is 0 Å². The summed E-state index contributed by atoms with van der Waals surface area (Å²) in [6, 6.07) is 2.09. The second kappa shape index (κ2) is 6.04. The molecule has 1 N–H and O–H groups in total. The van der Waals surface area contributed by atoms with Gasteiger partial charge in [-0.25, -0.2) is 0 Å². The molecule has 1 atom stereocenters. The van der Waals surface area contributed by atoms with Crippen molar-refractivity contribution in [2.24, 2.45) is 7.05 Å². The van der Waals surface area contributed by atoms with Crippen LogP contribution in [0, 0.1) is 0 Å². The third-order valence-electron chi connectivity index (χ3n) is 4.44. The molecule has 1 saturated heterocycles. The molecule has 3 heterocycles. The van der Waals surface area contributed by atoms with Crippen LogP contribution in [0.2, 0.25) is 0 Å². The van der Waals surface area contributed by atoms with Crippen molar-refractivity contribution in [2.45, 2.75) is 48.4 Å². The van der Waals surface area contributed by atoms with Crippen molar-refractivity contribution >= 4 is 11.8 Å². The number of rotatable bonds is 5. The zero-order valence-corrected chi connectivity index (χ0v) is 13.6. The van der Waals surface area contributed by atoms with Gasteiger partial charge in [0.1, 0.15) is 11.6 Å². The largest absolute Gasteiger partial charge is 0.361 e. The van der Waals surface area contributed by atoms with E-state index in [4.69, 9.17) is 4.52 Å². The van der Waals surface area contributed by atoms with Gasteiger partial charge < -0.3 is 14.4 Å². The summed E-state index contributed by atoms with van der Waals surface area (Å²) < 4.78 is 7.52. The lowest BCUT2D eigenvalue weighted by Crippen LogP contribution is -2.29. The Bertz CT molecular complexity index is 642. The minimum atomic E-state index is 0.481. The number of aromatic nitrogens is 4. The molecule has 0 radical (unpaired) electrons. The summed E-state index contributed by atoms with van der Waals surface area (Å²) in [4.78, 5) is 0. The van der Waals surface area contributed by atoms with Crippen molar-refractivity contribution in [1.29, 1.82) is 0 Å². The quantitative estimate of drug-likeness (QED) is 0.854. The Morgan fingerprint density at radius 1 is 1.32 bits per heavy atom. The van der Waals surface area contributed by atoms with Crippen LogP contribution in [0.1, 0.15) is 54.8 Å². The predicted octanol–water partition coefficient (Wildman–Crippen LogP) is 2.44. The number of hydrogen-bond acceptors (Lipinski definition) is 6. The van der Waals surface area contributed by atoms with Crippen LogP contribution in [0.3, 0.4) is 0 Å². The number of hydrogen-bond donors (Lipinski definition) is 1. The fourth-order valence-electron chi connectivity index (χ4n) is 2.97. The highest BCUT2D eigenvalue weighted by molar-refractivity contribution is 7.98. The van der Waals surface area contributed by atoms with Gasteiger partial charge in [0.2, 0.25) is 0 Å². The average Bonchev–Trinajstić information content (AvgIpc) is 3.18. The van der Waals surface area contributed by atoms with Crippen LogP contribution in [0.4, 0.5) is 0 Å². The normalized spacial score (nSPS) is 22.1. The van der Waals surface area contributed by atoms with E-state index in [2.05, 4.69) is 38.4 Å². The van der Waals surface area contributed by atoms with Crippen molar-refractivity contribution < 1.29 is 4.52 Å². The van der Waals surface area contributed by atoms with Crippen LogP contribution in [-0.2, 0) is 12.8 Å². The van der Waals surface area contributed by atoms with Gasteiger partial charge in [-0.1, -0.05) is 16.9 Å². The molecule has 2 aromatic rings. The van der Waals surface area contributed by atoms with Crippen LogP contribution >= 0.6 is 11.8 Å². The lowest BCUT2D eigenvalue weighted by molar-refractivity contribution is 0.380. The molecule has 22 heavy (non-hydrogen) atoms. The zero-order chi connectivity index (χ0) is 14.9.